The van der Waals surface area contributed by atoms with E-state index in [1.165, 1.54) is 4.90 Å². The predicted octanol–water partition coefficient (Wildman–Crippen LogP) is 0.901. The number of amides is 2. The summed E-state index contributed by atoms with van der Waals surface area (Å²) in [6, 6.07) is -0.954. The molecule has 5 nitrogen and oxygen atoms in total. The molecule has 86 valence electrons. The van der Waals surface area contributed by atoms with Crippen LogP contribution in [0.2, 0.25) is 0 Å². The van der Waals surface area contributed by atoms with Crippen LogP contribution in [0, 0.1) is 5.92 Å². The van der Waals surface area contributed by atoms with Gasteiger partial charge < -0.3 is 15.3 Å². The van der Waals surface area contributed by atoms with E-state index in [1.807, 2.05) is 13.8 Å². The molecule has 0 aliphatic carbocycles. The number of nitrogens with zero attached hydrogens (tertiary/aromatic N) is 1. The molecule has 0 radical (unpaired) electrons. The van der Waals surface area contributed by atoms with Gasteiger partial charge in [-0.2, -0.15) is 0 Å². The summed E-state index contributed by atoms with van der Waals surface area (Å²) in [5.74, 6) is -0.937. The van der Waals surface area contributed by atoms with E-state index < -0.39 is 12.0 Å². The standard InChI is InChI=1S/C10H18N2O3/c1-3-7(2)8(9(13)14)12-6-4-5-11-10(12)15/h7-8H,3-6H2,1-2H3,(H,11,15)(H,13,14). The molecule has 15 heavy (non-hydrogen) atoms. The largest absolute Gasteiger partial charge is 0.480 e. The summed E-state index contributed by atoms with van der Waals surface area (Å²) >= 11 is 0. The third kappa shape index (κ3) is 2.61. The molecule has 1 heterocycles. The van der Waals surface area contributed by atoms with Crippen molar-refractivity contribution in [1.29, 1.82) is 0 Å². The Morgan fingerprint density at radius 2 is 2.33 bits per heavy atom. The highest BCUT2D eigenvalue weighted by molar-refractivity contribution is 5.83. The van der Waals surface area contributed by atoms with Crippen molar-refractivity contribution in [2.24, 2.45) is 5.92 Å². The van der Waals surface area contributed by atoms with Gasteiger partial charge in [-0.15, -0.1) is 0 Å². The van der Waals surface area contributed by atoms with Gasteiger partial charge in [-0.3, -0.25) is 0 Å². The number of nitrogens with one attached hydrogen (secondary N) is 1. The maximum Gasteiger partial charge on any atom is 0.326 e. The van der Waals surface area contributed by atoms with Crippen LogP contribution in [-0.4, -0.2) is 41.1 Å². The number of carboxylic acids is 1. The second-order valence-electron chi connectivity index (χ2n) is 3.95. The minimum Gasteiger partial charge on any atom is -0.480 e. The van der Waals surface area contributed by atoms with Gasteiger partial charge in [-0.05, 0) is 12.3 Å². The molecular formula is C10H18N2O3. The number of carboxylic acid groups (broad SMARTS) is 1. The van der Waals surface area contributed by atoms with Crippen LogP contribution in [0.25, 0.3) is 0 Å². The van der Waals surface area contributed by atoms with Gasteiger partial charge >= 0.3 is 12.0 Å². The highest BCUT2D eigenvalue weighted by Gasteiger charge is 2.34. The van der Waals surface area contributed by atoms with E-state index in [-0.39, 0.29) is 11.9 Å². The van der Waals surface area contributed by atoms with Crippen LogP contribution < -0.4 is 5.32 Å². The zero-order valence-corrected chi connectivity index (χ0v) is 9.19. The summed E-state index contributed by atoms with van der Waals surface area (Å²) in [6.07, 6.45) is 1.56. The highest BCUT2D eigenvalue weighted by atomic mass is 16.4. The van der Waals surface area contributed by atoms with Gasteiger partial charge in [-0.1, -0.05) is 20.3 Å². The van der Waals surface area contributed by atoms with Gasteiger partial charge in [0.15, 0.2) is 0 Å². The molecule has 0 spiro atoms. The first kappa shape index (κ1) is 11.8. The lowest BCUT2D eigenvalue weighted by molar-refractivity contribution is -0.144. The molecule has 1 saturated heterocycles. The van der Waals surface area contributed by atoms with Crippen molar-refractivity contribution in [3.05, 3.63) is 0 Å². The Bertz CT molecular complexity index is 255. The first-order valence-corrected chi connectivity index (χ1v) is 5.35. The number of rotatable bonds is 4. The van der Waals surface area contributed by atoms with Crippen LogP contribution in [0.3, 0.4) is 0 Å². The smallest absolute Gasteiger partial charge is 0.326 e. The Morgan fingerprint density at radius 3 is 2.80 bits per heavy atom. The lowest BCUT2D eigenvalue weighted by Gasteiger charge is -2.35. The maximum absolute atomic E-state index is 11.5. The quantitative estimate of drug-likeness (QED) is 0.730. The second-order valence-corrected chi connectivity index (χ2v) is 3.95. The third-order valence-corrected chi connectivity index (χ3v) is 2.88. The molecule has 0 aromatic rings. The fourth-order valence-corrected chi connectivity index (χ4v) is 1.82. The molecule has 1 fully saturated rings. The Hall–Kier alpha value is -1.26. The zero-order valence-electron chi connectivity index (χ0n) is 9.19. The summed E-state index contributed by atoms with van der Waals surface area (Å²) < 4.78 is 0. The van der Waals surface area contributed by atoms with Crippen molar-refractivity contribution in [2.45, 2.75) is 32.7 Å². The molecule has 1 aliphatic heterocycles. The Labute approximate surface area is 89.4 Å². The lowest BCUT2D eigenvalue weighted by atomic mass is 9.97. The first-order chi connectivity index (χ1) is 7.07. The molecule has 2 amide bonds. The maximum atomic E-state index is 11.5. The van der Waals surface area contributed by atoms with Crippen molar-refractivity contribution in [2.75, 3.05) is 13.1 Å². The van der Waals surface area contributed by atoms with E-state index in [2.05, 4.69) is 5.32 Å². The van der Waals surface area contributed by atoms with Crippen LogP contribution in [-0.2, 0) is 4.79 Å². The summed E-state index contributed by atoms with van der Waals surface area (Å²) in [5.41, 5.74) is 0. The van der Waals surface area contributed by atoms with Crippen LogP contribution in [0.5, 0.6) is 0 Å². The summed E-state index contributed by atoms with van der Waals surface area (Å²) in [6.45, 7) is 4.97. The number of carbonyl (C=O) groups is 2. The SMILES string of the molecule is CCC(C)C(C(=O)O)N1CCCNC1=O. The van der Waals surface area contributed by atoms with Crippen LogP contribution >= 0.6 is 0 Å². The molecule has 1 aliphatic rings. The number of hydrogen-bond donors (Lipinski definition) is 2. The van der Waals surface area contributed by atoms with Crippen LogP contribution in [0.1, 0.15) is 26.7 Å². The molecular weight excluding hydrogens is 196 g/mol. The molecule has 2 atom stereocenters. The molecule has 0 bridgehead atoms. The van der Waals surface area contributed by atoms with E-state index in [0.29, 0.717) is 13.1 Å². The Balaban J connectivity index is 2.78. The number of carbonyl (C=O) groups excluding carboxylic acids is 1. The third-order valence-electron chi connectivity index (χ3n) is 2.88. The van der Waals surface area contributed by atoms with E-state index >= 15 is 0 Å². The fourth-order valence-electron chi connectivity index (χ4n) is 1.82. The van der Waals surface area contributed by atoms with Gasteiger partial charge in [0.1, 0.15) is 6.04 Å². The topological polar surface area (TPSA) is 69.6 Å². The number of urea groups is 1. The van der Waals surface area contributed by atoms with E-state index in [4.69, 9.17) is 5.11 Å². The van der Waals surface area contributed by atoms with Gasteiger partial charge in [-0.25, -0.2) is 9.59 Å². The van der Waals surface area contributed by atoms with Crippen molar-refractivity contribution >= 4 is 12.0 Å². The van der Waals surface area contributed by atoms with E-state index in [0.717, 1.165) is 12.8 Å². The Kier molecular flexibility index (Phi) is 3.94. The van der Waals surface area contributed by atoms with Crippen LogP contribution in [0.15, 0.2) is 0 Å². The number of hydrogen-bond acceptors (Lipinski definition) is 2. The van der Waals surface area contributed by atoms with Gasteiger partial charge in [0.25, 0.3) is 0 Å². The van der Waals surface area contributed by atoms with Gasteiger partial charge in [0.05, 0.1) is 0 Å². The summed E-state index contributed by atoms with van der Waals surface area (Å²) in [7, 11) is 0. The normalized spacial score (nSPS) is 20.7. The average molecular weight is 214 g/mol. The van der Waals surface area contributed by atoms with E-state index in [1.54, 1.807) is 0 Å². The van der Waals surface area contributed by atoms with Crippen molar-refractivity contribution in [3.63, 3.8) is 0 Å². The molecule has 0 aromatic heterocycles. The molecule has 5 heteroatoms. The zero-order chi connectivity index (χ0) is 11.4. The van der Waals surface area contributed by atoms with Crippen molar-refractivity contribution in [3.8, 4) is 0 Å². The average Bonchev–Trinajstić information content (AvgIpc) is 2.20. The van der Waals surface area contributed by atoms with Gasteiger partial charge in [0, 0.05) is 13.1 Å². The van der Waals surface area contributed by atoms with Crippen molar-refractivity contribution < 1.29 is 14.7 Å². The number of aliphatic carboxylic acids is 1. The van der Waals surface area contributed by atoms with Gasteiger partial charge in [0.2, 0.25) is 0 Å². The summed E-state index contributed by atoms with van der Waals surface area (Å²) in [4.78, 5) is 24.1. The first-order valence-electron chi connectivity index (χ1n) is 5.35. The molecule has 0 saturated carbocycles. The molecule has 1 rings (SSSR count). The van der Waals surface area contributed by atoms with E-state index in [9.17, 15) is 9.59 Å². The molecule has 0 aromatic carbocycles. The minimum absolute atomic E-state index is 0.0219. The summed E-state index contributed by atoms with van der Waals surface area (Å²) in [5, 5.41) is 11.8. The minimum atomic E-state index is -0.915. The molecule has 2 unspecified atom stereocenters. The Morgan fingerprint density at radius 1 is 1.67 bits per heavy atom. The second kappa shape index (κ2) is 5.00. The fraction of sp³-hybridized carbons (Fsp3) is 0.800. The van der Waals surface area contributed by atoms with Crippen molar-refractivity contribution in [1.82, 2.24) is 10.2 Å². The van der Waals surface area contributed by atoms with Crippen LogP contribution in [0.4, 0.5) is 4.79 Å². The highest BCUT2D eigenvalue weighted by Crippen LogP contribution is 2.17. The molecule has 2 N–H and O–H groups in total. The lowest BCUT2D eigenvalue weighted by Crippen LogP contribution is -2.55. The monoisotopic (exact) mass is 214 g/mol. The predicted molar refractivity (Wildman–Crippen MR) is 55.6 cm³/mol.